The van der Waals surface area contributed by atoms with Gasteiger partial charge < -0.3 is 14.6 Å². The van der Waals surface area contributed by atoms with Crippen molar-refractivity contribution in [1.82, 2.24) is 15.1 Å². The molecule has 1 aromatic rings. The van der Waals surface area contributed by atoms with E-state index in [0.717, 1.165) is 19.6 Å². The summed E-state index contributed by atoms with van der Waals surface area (Å²) in [7, 11) is 0. The Bertz CT molecular complexity index is 512. The summed E-state index contributed by atoms with van der Waals surface area (Å²) >= 11 is 0. The zero-order valence-corrected chi connectivity index (χ0v) is 14.3. The van der Waals surface area contributed by atoms with E-state index in [2.05, 4.69) is 31.0 Å². The molecular weight excluding hydrogens is 294 g/mol. The van der Waals surface area contributed by atoms with Crippen LogP contribution in [0.25, 0.3) is 0 Å². The predicted octanol–water partition coefficient (Wildman–Crippen LogP) is 1.59. The number of carbonyl (C=O) groups excluding carboxylic acids is 2. The van der Waals surface area contributed by atoms with E-state index < -0.39 is 0 Å². The van der Waals surface area contributed by atoms with Gasteiger partial charge in [-0.3, -0.25) is 14.5 Å². The Balaban J connectivity index is 1.65. The molecule has 1 aromatic heterocycles. The van der Waals surface area contributed by atoms with Crippen molar-refractivity contribution in [2.24, 2.45) is 5.41 Å². The molecule has 1 N–H and O–H groups in total. The first-order valence-electron chi connectivity index (χ1n) is 8.17. The zero-order chi connectivity index (χ0) is 16.9. The average Bonchev–Trinajstić information content (AvgIpc) is 2.99. The average molecular weight is 321 g/mol. The van der Waals surface area contributed by atoms with Crippen LogP contribution in [0.4, 0.5) is 0 Å². The minimum absolute atomic E-state index is 0.0158. The smallest absolute Gasteiger partial charge is 0.289 e. The minimum atomic E-state index is -0.0480. The molecule has 0 aromatic carbocycles. The molecule has 2 amide bonds. The molecule has 1 saturated heterocycles. The van der Waals surface area contributed by atoms with Crippen LogP contribution in [-0.2, 0) is 4.79 Å². The summed E-state index contributed by atoms with van der Waals surface area (Å²) in [5, 5.41) is 2.97. The SMILES string of the molecule is CC(C)(C)CC(=O)NCCN1CCN(C(=O)c2ccco2)CC1. The molecule has 0 aliphatic carbocycles. The van der Waals surface area contributed by atoms with Crippen LogP contribution < -0.4 is 5.32 Å². The van der Waals surface area contributed by atoms with Crippen molar-refractivity contribution in [1.29, 1.82) is 0 Å². The van der Waals surface area contributed by atoms with Crippen LogP contribution in [0.2, 0.25) is 0 Å². The summed E-state index contributed by atoms with van der Waals surface area (Å²) in [6.07, 6.45) is 2.06. The van der Waals surface area contributed by atoms with Crippen LogP contribution in [0.1, 0.15) is 37.7 Å². The first kappa shape index (κ1) is 17.5. The first-order chi connectivity index (χ1) is 10.8. The number of carbonyl (C=O) groups is 2. The van der Waals surface area contributed by atoms with Crippen molar-refractivity contribution in [2.75, 3.05) is 39.3 Å². The van der Waals surface area contributed by atoms with E-state index in [-0.39, 0.29) is 17.2 Å². The van der Waals surface area contributed by atoms with Crippen molar-refractivity contribution >= 4 is 11.8 Å². The van der Waals surface area contributed by atoms with E-state index >= 15 is 0 Å². The first-order valence-corrected chi connectivity index (χ1v) is 8.17. The van der Waals surface area contributed by atoms with Gasteiger partial charge in [0.05, 0.1) is 6.26 Å². The van der Waals surface area contributed by atoms with Gasteiger partial charge in [-0.1, -0.05) is 20.8 Å². The topological polar surface area (TPSA) is 65.8 Å². The van der Waals surface area contributed by atoms with Gasteiger partial charge in [-0.05, 0) is 17.5 Å². The van der Waals surface area contributed by atoms with E-state index in [1.165, 1.54) is 6.26 Å². The Labute approximate surface area is 137 Å². The fourth-order valence-corrected chi connectivity index (χ4v) is 2.63. The number of amides is 2. The monoisotopic (exact) mass is 321 g/mol. The molecule has 23 heavy (non-hydrogen) atoms. The Hall–Kier alpha value is -1.82. The van der Waals surface area contributed by atoms with Gasteiger partial charge in [-0.2, -0.15) is 0 Å². The van der Waals surface area contributed by atoms with Crippen molar-refractivity contribution in [3.63, 3.8) is 0 Å². The predicted molar refractivity (Wildman–Crippen MR) is 88.1 cm³/mol. The molecule has 128 valence electrons. The maximum Gasteiger partial charge on any atom is 0.289 e. The molecule has 1 fully saturated rings. The van der Waals surface area contributed by atoms with Gasteiger partial charge in [-0.15, -0.1) is 0 Å². The van der Waals surface area contributed by atoms with Gasteiger partial charge in [0.1, 0.15) is 0 Å². The summed E-state index contributed by atoms with van der Waals surface area (Å²) in [5.74, 6) is 0.449. The highest BCUT2D eigenvalue weighted by Gasteiger charge is 2.23. The molecule has 0 unspecified atom stereocenters. The second kappa shape index (κ2) is 7.64. The molecule has 6 nitrogen and oxygen atoms in total. The summed E-state index contributed by atoms with van der Waals surface area (Å²) < 4.78 is 5.15. The molecule has 1 aliphatic heterocycles. The summed E-state index contributed by atoms with van der Waals surface area (Å²) in [5.41, 5.74) is 0.0158. The van der Waals surface area contributed by atoms with Gasteiger partial charge in [0.2, 0.25) is 5.91 Å². The Morgan fingerprint density at radius 1 is 1.22 bits per heavy atom. The van der Waals surface area contributed by atoms with Crippen molar-refractivity contribution < 1.29 is 14.0 Å². The minimum Gasteiger partial charge on any atom is -0.459 e. The van der Waals surface area contributed by atoms with E-state index in [4.69, 9.17) is 4.42 Å². The normalized spacial score (nSPS) is 16.4. The molecular formula is C17H27N3O3. The third kappa shape index (κ3) is 5.71. The lowest BCUT2D eigenvalue weighted by Crippen LogP contribution is -2.50. The van der Waals surface area contributed by atoms with E-state index in [1.54, 1.807) is 12.1 Å². The Morgan fingerprint density at radius 2 is 1.91 bits per heavy atom. The van der Waals surface area contributed by atoms with E-state index in [0.29, 0.717) is 31.8 Å². The number of furan rings is 1. The molecule has 1 aliphatic rings. The number of nitrogens with zero attached hydrogens (tertiary/aromatic N) is 2. The number of hydrogen-bond acceptors (Lipinski definition) is 4. The van der Waals surface area contributed by atoms with Crippen LogP contribution >= 0.6 is 0 Å². The van der Waals surface area contributed by atoms with Crippen LogP contribution in [0, 0.1) is 5.41 Å². The highest BCUT2D eigenvalue weighted by molar-refractivity contribution is 5.91. The fourth-order valence-electron chi connectivity index (χ4n) is 2.63. The molecule has 0 saturated carbocycles. The summed E-state index contributed by atoms with van der Waals surface area (Å²) in [6, 6.07) is 3.42. The molecule has 0 radical (unpaired) electrons. The lowest BCUT2D eigenvalue weighted by Gasteiger charge is -2.34. The molecule has 6 heteroatoms. The number of rotatable bonds is 5. The highest BCUT2D eigenvalue weighted by Crippen LogP contribution is 2.17. The van der Waals surface area contributed by atoms with Crippen LogP contribution in [0.15, 0.2) is 22.8 Å². The number of hydrogen-bond donors (Lipinski definition) is 1. The lowest BCUT2D eigenvalue weighted by molar-refractivity contribution is -0.122. The third-order valence-electron chi connectivity index (χ3n) is 3.83. The fraction of sp³-hybridized carbons (Fsp3) is 0.647. The molecule has 0 bridgehead atoms. The lowest BCUT2D eigenvalue weighted by atomic mass is 9.92. The Morgan fingerprint density at radius 3 is 2.48 bits per heavy atom. The van der Waals surface area contributed by atoms with Gasteiger partial charge in [0.25, 0.3) is 5.91 Å². The van der Waals surface area contributed by atoms with Crippen LogP contribution in [0.5, 0.6) is 0 Å². The van der Waals surface area contributed by atoms with Crippen LogP contribution in [-0.4, -0.2) is 60.9 Å². The highest BCUT2D eigenvalue weighted by atomic mass is 16.3. The van der Waals surface area contributed by atoms with Crippen molar-refractivity contribution in [3.8, 4) is 0 Å². The van der Waals surface area contributed by atoms with Gasteiger partial charge in [0.15, 0.2) is 5.76 Å². The quantitative estimate of drug-likeness (QED) is 0.894. The van der Waals surface area contributed by atoms with Crippen LogP contribution in [0.3, 0.4) is 0 Å². The van der Waals surface area contributed by atoms with Gasteiger partial charge >= 0.3 is 0 Å². The molecule has 2 rings (SSSR count). The number of piperazine rings is 1. The largest absolute Gasteiger partial charge is 0.459 e. The standard InChI is InChI=1S/C17H27N3O3/c1-17(2,3)13-15(21)18-6-7-19-8-10-20(11-9-19)16(22)14-5-4-12-23-14/h4-5,12H,6-11,13H2,1-3H3,(H,18,21). The van der Waals surface area contributed by atoms with Gasteiger partial charge in [-0.25, -0.2) is 0 Å². The maximum absolute atomic E-state index is 12.2. The number of nitrogens with one attached hydrogen (secondary N) is 1. The molecule has 2 heterocycles. The second-order valence-electron chi connectivity index (χ2n) is 7.20. The van der Waals surface area contributed by atoms with Crippen molar-refractivity contribution in [3.05, 3.63) is 24.2 Å². The second-order valence-corrected chi connectivity index (χ2v) is 7.20. The third-order valence-corrected chi connectivity index (χ3v) is 3.83. The van der Waals surface area contributed by atoms with Crippen molar-refractivity contribution in [2.45, 2.75) is 27.2 Å². The molecule has 0 spiro atoms. The van der Waals surface area contributed by atoms with E-state index in [1.807, 2.05) is 4.90 Å². The summed E-state index contributed by atoms with van der Waals surface area (Å²) in [4.78, 5) is 28.0. The Kier molecular flexibility index (Phi) is 5.82. The van der Waals surface area contributed by atoms with E-state index in [9.17, 15) is 9.59 Å². The summed E-state index contributed by atoms with van der Waals surface area (Å²) in [6.45, 7) is 10.7. The zero-order valence-electron chi connectivity index (χ0n) is 14.3. The van der Waals surface area contributed by atoms with Gasteiger partial charge in [0, 0.05) is 45.7 Å². The molecule has 0 atom stereocenters. The maximum atomic E-state index is 12.2.